The molecular formula is C37H28N2. The van der Waals surface area contributed by atoms with E-state index in [1.807, 2.05) is 12.1 Å². The minimum Gasteiger partial charge on any atom is -0.405 e. The number of hydrogen-bond acceptors (Lipinski definition) is 1. The first-order valence-electron chi connectivity index (χ1n) is 13.3. The van der Waals surface area contributed by atoms with Gasteiger partial charge in [0.2, 0.25) is 0 Å². The average molecular weight is 501 g/mol. The second kappa shape index (κ2) is 9.34. The van der Waals surface area contributed by atoms with Crippen molar-refractivity contribution in [3.05, 3.63) is 145 Å². The molecule has 0 saturated carbocycles. The van der Waals surface area contributed by atoms with Crippen LogP contribution in [0.3, 0.4) is 0 Å². The first-order valence-corrected chi connectivity index (χ1v) is 13.3. The zero-order valence-corrected chi connectivity index (χ0v) is 21.8. The lowest BCUT2D eigenvalue weighted by molar-refractivity contribution is 1.10. The number of fused-ring (bicyclic) bond motifs is 3. The molecule has 7 rings (SSSR count). The molecule has 0 aliphatic rings. The Bertz CT molecular complexity index is 1960. The smallest absolute Gasteiger partial charge is 0.0538 e. The number of para-hydroxylation sites is 1. The molecule has 0 spiro atoms. The van der Waals surface area contributed by atoms with Crippen LogP contribution in [0, 0.1) is 6.92 Å². The summed E-state index contributed by atoms with van der Waals surface area (Å²) < 4.78 is 2.30. The molecule has 0 fully saturated rings. The molecule has 2 heteroatoms. The predicted octanol–water partition coefficient (Wildman–Crippen LogP) is 9.51. The Morgan fingerprint density at radius 1 is 0.538 bits per heavy atom. The number of benzene rings is 6. The van der Waals surface area contributed by atoms with Crippen molar-refractivity contribution < 1.29 is 0 Å². The molecular weight excluding hydrogens is 472 g/mol. The first-order chi connectivity index (χ1) is 19.3. The van der Waals surface area contributed by atoms with Gasteiger partial charge in [0.25, 0.3) is 0 Å². The van der Waals surface area contributed by atoms with E-state index in [2.05, 4.69) is 133 Å². The van der Waals surface area contributed by atoms with E-state index < -0.39 is 0 Å². The normalized spacial score (nSPS) is 11.7. The van der Waals surface area contributed by atoms with Crippen molar-refractivity contribution in [2.75, 3.05) is 0 Å². The summed E-state index contributed by atoms with van der Waals surface area (Å²) in [7, 11) is 0. The number of aryl methyl sites for hydroxylation is 1. The third-order valence-corrected chi connectivity index (χ3v) is 7.82. The molecule has 1 aromatic heterocycles. The van der Waals surface area contributed by atoms with E-state index in [-0.39, 0.29) is 0 Å². The highest BCUT2D eigenvalue weighted by atomic mass is 15.0. The summed E-state index contributed by atoms with van der Waals surface area (Å²) in [4.78, 5) is 0. The van der Waals surface area contributed by atoms with Crippen LogP contribution in [0.2, 0.25) is 0 Å². The molecule has 0 radical (unpaired) electrons. The molecule has 186 valence electrons. The van der Waals surface area contributed by atoms with Crippen molar-refractivity contribution in [1.29, 1.82) is 0 Å². The third-order valence-electron chi connectivity index (χ3n) is 7.82. The van der Waals surface area contributed by atoms with Gasteiger partial charge in [-0.25, -0.2) is 0 Å². The maximum Gasteiger partial charge on any atom is 0.0538 e. The molecule has 0 aliphatic heterocycles. The van der Waals surface area contributed by atoms with Crippen molar-refractivity contribution in [3.63, 3.8) is 0 Å². The summed E-state index contributed by atoms with van der Waals surface area (Å²) in [6, 6.07) is 45.7. The zero-order valence-electron chi connectivity index (χ0n) is 21.8. The Kier molecular flexibility index (Phi) is 5.53. The SMILES string of the molecule is Cc1c(/C=C\N)n(-c2ccccc2)c2ccc(-c3c4ccccc4c(-c4ccccc4)c4ccccc34)cc12. The van der Waals surface area contributed by atoms with Gasteiger partial charge in [-0.3, -0.25) is 0 Å². The average Bonchev–Trinajstić information content (AvgIpc) is 3.27. The van der Waals surface area contributed by atoms with E-state index in [0.29, 0.717) is 0 Å². The fourth-order valence-electron chi connectivity index (χ4n) is 6.12. The van der Waals surface area contributed by atoms with Gasteiger partial charge in [-0.1, -0.05) is 103 Å². The fourth-order valence-corrected chi connectivity index (χ4v) is 6.12. The van der Waals surface area contributed by atoms with E-state index in [1.165, 1.54) is 60.3 Å². The van der Waals surface area contributed by atoms with Gasteiger partial charge < -0.3 is 10.3 Å². The number of nitrogens with two attached hydrogens (primary N) is 1. The van der Waals surface area contributed by atoms with E-state index in [9.17, 15) is 0 Å². The number of nitrogens with zero attached hydrogens (tertiary/aromatic N) is 1. The summed E-state index contributed by atoms with van der Waals surface area (Å²) in [5.41, 5.74) is 15.5. The summed E-state index contributed by atoms with van der Waals surface area (Å²) >= 11 is 0. The minimum atomic E-state index is 1.10. The maximum absolute atomic E-state index is 5.91. The standard InChI is InChI=1S/C37H28N2/c1-25-33-24-27(20-21-35(33)39(34(25)22-23-38)28-14-6-3-7-15-28)37-31-18-10-8-16-29(31)36(26-12-4-2-5-13-26)30-17-9-11-19-32(30)37/h2-24H,38H2,1H3/b23-22-. The quantitative estimate of drug-likeness (QED) is 0.240. The van der Waals surface area contributed by atoms with Crippen LogP contribution in [0.15, 0.2) is 134 Å². The van der Waals surface area contributed by atoms with Gasteiger partial charge in [0.15, 0.2) is 0 Å². The van der Waals surface area contributed by atoms with Gasteiger partial charge in [0.1, 0.15) is 0 Å². The third kappa shape index (κ3) is 3.65. The highest BCUT2D eigenvalue weighted by Gasteiger charge is 2.19. The Labute approximate surface area is 228 Å². The second-order valence-corrected chi connectivity index (χ2v) is 9.98. The van der Waals surface area contributed by atoms with E-state index in [1.54, 1.807) is 6.20 Å². The van der Waals surface area contributed by atoms with Crippen molar-refractivity contribution in [1.82, 2.24) is 4.57 Å². The van der Waals surface area contributed by atoms with E-state index >= 15 is 0 Å². The highest BCUT2D eigenvalue weighted by molar-refractivity contribution is 6.21. The fraction of sp³-hybridized carbons (Fsp3) is 0.0270. The molecule has 6 aromatic carbocycles. The lowest BCUT2D eigenvalue weighted by Gasteiger charge is -2.18. The Morgan fingerprint density at radius 3 is 1.62 bits per heavy atom. The Balaban J connectivity index is 1.57. The molecule has 0 amide bonds. The van der Waals surface area contributed by atoms with Crippen LogP contribution in [0.25, 0.3) is 66.5 Å². The molecule has 0 atom stereocenters. The van der Waals surface area contributed by atoms with Crippen LogP contribution in [0.5, 0.6) is 0 Å². The van der Waals surface area contributed by atoms with Gasteiger partial charge >= 0.3 is 0 Å². The molecule has 39 heavy (non-hydrogen) atoms. The lowest BCUT2D eigenvalue weighted by atomic mass is 9.86. The summed E-state index contributed by atoms with van der Waals surface area (Å²) in [6.45, 7) is 2.19. The largest absolute Gasteiger partial charge is 0.405 e. The van der Waals surface area contributed by atoms with Gasteiger partial charge in [-0.2, -0.15) is 0 Å². The molecule has 0 saturated heterocycles. The maximum atomic E-state index is 5.91. The molecule has 0 bridgehead atoms. The number of hydrogen-bond donors (Lipinski definition) is 1. The van der Waals surface area contributed by atoms with Gasteiger partial charge in [0.05, 0.1) is 11.2 Å². The monoisotopic (exact) mass is 500 g/mol. The molecule has 1 heterocycles. The van der Waals surface area contributed by atoms with Crippen LogP contribution >= 0.6 is 0 Å². The molecule has 7 aromatic rings. The zero-order chi connectivity index (χ0) is 26.3. The van der Waals surface area contributed by atoms with Crippen LogP contribution < -0.4 is 5.73 Å². The first kappa shape index (κ1) is 23.1. The van der Waals surface area contributed by atoms with Crippen LogP contribution in [-0.2, 0) is 0 Å². The van der Waals surface area contributed by atoms with E-state index in [4.69, 9.17) is 5.73 Å². The predicted molar refractivity (Wildman–Crippen MR) is 167 cm³/mol. The summed E-state index contributed by atoms with van der Waals surface area (Å²) in [6.07, 6.45) is 3.63. The topological polar surface area (TPSA) is 30.9 Å². The van der Waals surface area contributed by atoms with Crippen molar-refractivity contribution >= 4 is 38.5 Å². The molecule has 2 nitrogen and oxygen atoms in total. The van der Waals surface area contributed by atoms with E-state index in [0.717, 1.165) is 11.4 Å². The highest BCUT2D eigenvalue weighted by Crippen LogP contribution is 2.44. The number of rotatable bonds is 4. The molecule has 0 unspecified atom stereocenters. The van der Waals surface area contributed by atoms with Crippen LogP contribution in [0.1, 0.15) is 11.3 Å². The molecule has 2 N–H and O–H groups in total. The second-order valence-electron chi connectivity index (χ2n) is 9.98. The van der Waals surface area contributed by atoms with Gasteiger partial charge in [0, 0.05) is 11.1 Å². The van der Waals surface area contributed by atoms with Crippen LogP contribution in [-0.4, -0.2) is 4.57 Å². The van der Waals surface area contributed by atoms with Crippen molar-refractivity contribution in [2.45, 2.75) is 6.92 Å². The Morgan fingerprint density at radius 2 is 1.05 bits per heavy atom. The number of aromatic nitrogens is 1. The minimum absolute atomic E-state index is 1.10. The van der Waals surface area contributed by atoms with Crippen molar-refractivity contribution in [2.24, 2.45) is 5.73 Å². The summed E-state index contributed by atoms with van der Waals surface area (Å²) in [5.74, 6) is 0. The summed E-state index contributed by atoms with van der Waals surface area (Å²) in [5, 5.41) is 6.28. The lowest BCUT2D eigenvalue weighted by Crippen LogP contribution is -1.97. The molecule has 0 aliphatic carbocycles. The van der Waals surface area contributed by atoms with Crippen molar-refractivity contribution in [3.8, 4) is 27.9 Å². The van der Waals surface area contributed by atoms with Gasteiger partial charge in [-0.05, 0) is 92.8 Å². The van der Waals surface area contributed by atoms with Crippen LogP contribution in [0.4, 0.5) is 0 Å². The Hall–Kier alpha value is -5.08. The van der Waals surface area contributed by atoms with Gasteiger partial charge in [-0.15, -0.1) is 0 Å².